The zero-order valence-electron chi connectivity index (χ0n) is 18.9. The minimum Gasteiger partial charge on any atom is -0.493 e. The second kappa shape index (κ2) is 10.1. The molecule has 1 heterocycles. The average Bonchev–Trinajstić information content (AvgIpc) is 2.79. The molecule has 1 N–H and O–H groups in total. The van der Waals surface area contributed by atoms with Gasteiger partial charge in [0, 0.05) is 7.05 Å². The van der Waals surface area contributed by atoms with Crippen LogP contribution in [0.4, 0.5) is 4.79 Å². The lowest BCUT2D eigenvalue weighted by molar-refractivity contribution is -0.139. The number of ether oxygens (including phenoxy) is 4. The first-order chi connectivity index (χ1) is 15.4. The van der Waals surface area contributed by atoms with Crippen LogP contribution in [0.1, 0.15) is 24.1 Å². The molecular formula is C24H28N2O6. The smallest absolute Gasteiger partial charge is 0.338 e. The van der Waals surface area contributed by atoms with Crippen LogP contribution in [-0.2, 0) is 9.53 Å². The van der Waals surface area contributed by atoms with Gasteiger partial charge in [0.2, 0.25) is 0 Å². The molecule has 0 saturated heterocycles. The zero-order valence-corrected chi connectivity index (χ0v) is 18.9. The molecule has 0 aromatic heterocycles. The van der Waals surface area contributed by atoms with E-state index in [2.05, 4.69) is 5.32 Å². The van der Waals surface area contributed by atoms with Gasteiger partial charge in [0.15, 0.2) is 11.5 Å². The van der Waals surface area contributed by atoms with Gasteiger partial charge in [0.25, 0.3) is 0 Å². The summed E-state index contributed by atoms with van der Waals surface area (Å²) in [5, 5.41) is 2.87. The van der Waals surface area contributed by atoms with E-state index in [0.29, 0.717) is 34.1 Å². The van der Waals surface area contributed by atoms with Crippen LogP contribution in [0.2, 0.25) is 0 Å². The quantitative estimate of drug-likeness (QED) is 0.631. The van der Waals surface area contributed by atoms with E-state index in [1.807, 2.05) is 31.2 Å². The first-order valence-electron chi connectivity index (χ1n) is 10.2. The monoisotopic (exact) mass is 440 g/mol. The summed E-state index contributed by atoms with van der Waals surface area (Å²) in [5.41, 5.74) is 2.42. The van der Waals surface area contributed by atoms with Crippen LogP contribution >= 0.6 is 0 Å². The van der Waals surface area contributed by atoms with E-state index in [0.717, 1.165) is 5.56 Å². The normalized spacial score (nSPS) is 15.8. The zero-order chi connectivity index (χ0) is 23.3. The lowest BCUT2D eigenvalue weighted by Gasteiger charge is -2.34. The van der Waals surface area contributed by atoms with Crippen molar-refractivity contribution in [2.75, 3.05) is 34.5 Å². The highest BCUT2D eigenvalue weighted by Gasteiger charge is 2.37. The van der Waals surface area contributed by atoms with Gasteiger partial charge in [-0.25, -0.2) is 9.59 Å². The molecule has 2 aromatic carbocycles. The number of carbonyl (C=O) groups is 2. The van der Waals surface area contributed by atoms with Crippen molar-refractivity contribution in [1.29, 1.82) is 0 Å². The Labute approximate surface area is 187 Å². The van der Waals surface area contributed by atoms with E-state index < -0.39 is 12.0 Å². The van der Waals surface area contributed by atoms with Crippen molar-refractivity contribution in [3.05, 3.63) is 64.9 Å². The fourth-order valence-electron chi connectivity index (χ4n) is 3.52. The number of esters is 1. The Morgan fingerprint density at radius 2 is 1.84 bits per heavy atom. The van der Waals surface area contributed by atoms with E-state index in [1.54, 1.807) is 39.3 Å². The van der Waals surface area contributed by atoms with Gasteiger partial charge in [-0.05, 0) is 49.2 Å². The van der Waals surface area contributed by atoms with Gasteiger partial charge in [-0.3, -0.25) is 4.90 Å². The molecule has 8 heteroatoms. The van der Waals surface area contributed by atoms with Gasteiger partial charge in [0.05, 0.1) is 38.1 Å². The molecule has 2 aromatic rings. The highest BCUT2D eigenvalue weighted by Crippen LogP contribution is 2.36. The van der Waals surface area contributed by atoms with Crippen LogP contribution in [0.3, 0.4) is 0 Å². The third-order valence-electron chi connectivity index (χ3n) is 5.18. The lowest BCUT2D eigenvalue weighted by atomic mass is 9.94. The molecule has 32 heavy (non-hydrogen) atoms. The Morgan fingerprint density at radius 3 is 2.50 bits per heavy atom. The van der Waals surface area contributed by atoms with Crippen LogP contribution in [0, 0.1) is 6.92 Å². The molecule has 1 aliphatic heterocycles. The number of urea groups is 1. The number of benzene rings is 2. The van der Waals surface area contributed by atoms with E-state index >= 15 is 0 Å². The van der Waals surface area contributed by atoms with E-state index in [4.69, 9.17) is 18.9 Å². The molecule has 0 bridgehead atoms. The number of hydrogen-bond donors (Lipinski definition) is 1. The molecule has 0 spiro atoms. The highest BCUT2D eigenvalue weighted by atomic mass is 16.5. The number of nitrogens with one attached hydrogen (secondary N) is 1. The first kappa shape index (κ1) is 23.0. The van der Waals surface area contributed by atoms with Crippen molar-refractivity contribution < 1.29 is 28.5 Å². The molecular weight excluding hydrogens is 412 g/mol. The number of methoxy groups -OCH3 is 2. The minimum absolute atomic E-state index is 0.0192. The molecule has 170 valence electrons. The van der Waals surface area contributed by atoms with Crippen molar-refractivity contribution in [2.24, 2.45) is 0 Å². The summed E-state index contributed by atoms with van der Waals surface area (Å²) in [6.45, 7) is 3.91. The molecule has 3 rings (SSSR count). The molecule has 1 unspecified atom stereocenters. The first-order valence-corrected chi connectivity index (χ1v) is 10.2. The topological polar surface area (TPSA) is 86.3 Å². The third-order valence-corrected chi connectivity index (χ3v) is 5.18. The largest absolute Gasteiger partial charge is 0.493 e. The summed E-state index contributed by atoms with van der Waals surface area (Å²) in [6, 6.07) is 11.7. The Bertz CT molecular complexity index is 1030. The molecule has 1 aliphatic rings. The summed E-state index contributed by atoms with van der Waals surface area (Å²) in [5.74, 6) is 1.14. The maximum Gasteiger partial charge on any atom is 0.338 e. The van der Waals surface area contributed by atoms with Crippen molar-refractivity contribution in [3.63, 3.8) is 0 Å². The van der Waals surface area contributed by atoms with Crippen molar-refractivity contribution in [1.82, 2.24) is 10.2 Å². The molecule has 0 radical (unpaired) electrons. The summed E-state index contributed by atoms with van der Waals surface area (Å²) in [4.78, 5) is 27.2. The second-order valence-corrected chi connectivity index (χ2v) is 7.24. The molecule has 0 saturated carbocycles. The van der Waals surface area contributed by atoms with Crippen LogP contribution in [0.15, 0.2) is 53.7 Å². The number of amides is 2. The van der Waals surface area contributed by atoms with Crippen LogP contribution in [0.5, 0.6) is 17.2 Å². The predicted molar refractivity (Wildman–Crippen MR) is 119 cm³/mol. The van der Waals surface area contributed by atoms with E-state index in [9.17, 15) is 9.59 Å². The fraction of sp³-hybridized carbons (Fsp3) is 0.333. The average molecular weight is 440 g/mol. The standard InChI is InChI=1S/C24H28N2O6/c1-6-31-23(27)21-18(14-32-17-9-7-8-15(2)12-17)26(3)24(28)25-22(21)16-10-11-19(29-4)20(13-16)30-5/h7-13,22H,6,14H2,1-5H3,(H,25,28). The molecule has 8 nitrogen and oxygen atoms in total. The van der Waals surface area contributed by atoms with Crippen LogP contribution < -0.4 is 19.5 Å². The van der Waals surface area contributed by atoms with E-state index in [-0.39, 0.29) is 19.2 Å². The summed E-state index contributed by atoms with van der Waals surface area (Å²) in [7, 11) is 4.66. The third kappa shape index (κ3) is 4.80. The number of rotatable bonds is 8. The van der Waals surface area contributed by atoms with Gasteiger partial charge in [-0.1, -0.05) is 18.2 Å². The lowest BCUT2D eigenvalue weighted by Crippen LogP contribution is -2.48. The van der Waals surface area contributed by atoms with Gasteiger partial charge in [-0.15, -0.1) is 0 Å². The maximum atomic E-state index is 13.0. The summed E-state index contributed by atoms with van der Waals surface area (Å²) < 4.78 is 22.0. The highest BCUT2D eigenvalue weighted by molar-refractivity contribution is 5.95. The van der Waals surface area contributed by atoms with Gasteiger partial charge < -0.3 is 24.3 Å². The van der Waals surface area contributed by atoms with Crippen LogP contribution in [0.25, 0.3) is 0 Å². The number of carbonyl (C=O) groups excluding carboxylic acids is 2. The van der Waals surface area contributed by atoms with E-state index in [1.165, 1.54) is 12.0 Å². The van der Waals surface area contributed by atoms with Crippen molar-refractivity contribution in [3.8, 4) is 17.2 Å². The van der Waals surface area contributed by atoms with Crippen molar-refractivity contribution in [2.45, 2.75) is 19.9 Å². The minimum atomic E-state index is -0.742. The second-order valence-electron chi connectivity index (χ2n) is 7.24. The Morgan fingerprint density at radius 1 is 1.09 bits per heavy atom. The van der Waals surface area contributed by atoms with Gasteiger partial charge >= 0.3 is 12.0 Å². The molecule has 1 atom stereocenters. The number of nitrogens with zero attached hydrogens (tertiary/aromatic N) is 1. The number of aryl methyl sites for hydroxylation is 1. The molecule has 2 amide bonds. The summed E-state index contributed by atoms with van der Waals surface area (Å²) >= 11 is 0. The number of hydrogen-bond acceptors (Lipinski definition) is 6. The predicted octanol–water partition coefficient (Wildman–Crippen LogP) is 3.60. The number of likely N-dealkylation sites (N-methyl/N-ethyl adjacent to an activating group) is 1. The van der Waals surface area contributed by atoms with Gasteiger partial charge in [0.1, 0.15) is 12.4 Å². The Kier molecular flexibility index (Phi) is 7.25. The molecule has 0 aliphatic carbocycles. The summed E-state index contributed by atoms with van der Waals surface area (Å²) in [6.07, 6.45) is 0. The van der Waals surface area contributed by atoms with Crippen LogP contribution in [-0.4, -0.2) is 51.4 Å². The Balaban J connectivity index is 2.06. The molecule has 0 fully saturated rings. The SMILES string of the molecule is CCOC(=O)C1=C(COc2cccc(C)c2)N(C)C(=O)NC1c1ccc(OC)c(OC)c1. The van der Waals surface area contributed by atoms with Gasteiger partial charge in [-0.2, -0.15) is 0 Å². The van der Waals surface area contributed by atoms with Crippen molar-refractivity contribution >= 4 is 12.0 Å². The fourth-order valence-corrected chi connectivity index (χ4v) is 3.52. The Hall–Kier alpha value is -3.68. The maximum absolute atomic E-state index is 13.0.